The van der Waals surface area contributed by atoms with Crippen molar-refractivity contribution in [3.63, 3.8) is 0 Å². The highest BCUT2D eigenvalue weighted by Crippen LogP contribution is 2.34. The molecule has 0 saturated carbocycles. The Hall–Kier alpha value is -1.75. The van der Waals surface area contributed by atoms with Gasteiger partial charge in [-0.15, -0.1) is 12.4 Å². The first-order chi connectivity index (χ1) is 10.8. The number of benzene rings is 2. The topological polar surface area (TPSA) is 50.7 Å². The minimum Gasteiger partial charge on any atom is -0.454 e. The van der Waals surface area contributed by atoms with Crippen molar-refractivity contribution in [2.75, 3.05) is 13.3 Å². The number of aliphatic hydroxyl groups excluding tert-OH is 1. The van der Waals surface area contributed by atoms with Gasteiger partial charge in [0.25, 0.3) is 0 Å². The average Bonchev–Trinajstić information content (AvgIpc) is 3.17. The van der Waals surface area contributed by atoms with E-state index in [4.69, 9.17) is 9.47 Å². The predicted octanol–water partition coefficient (Wildman–Crippen LogP) is 2.63. The first-order valence-electron chi connectivity index (χ1n) is 7.67. The highest BCUT2D eigenvalue weighted by molar-refractivity contribution is 5.85. The summed E-state index contributed by atoms with van der Waals surface area (Å²) in [5, 5.41) is 13.8. The van der Waals surface area contributed by atoms with Crippen molar-refractivity contribution in [3.05, 3.63) is 59.2 Å². The molecule has 1 atom stereocenters. The van der Waals surface area contributed by atoms with E-state index in [-0.39, 0.29) is 19.2 Å². The van der Waals surface area contributed by atoms with Crippen LogP contribution in [-0.4, -0.2) is 24.5 Å². The fourth-order valence-electron chi connectivity index (χ4n) is 3.22. The van der Waals surface area contributed by atoms with Gasteiger partial charge >= 0.3 is 0 Å². The van der Waals surface area contributed by atoms with E-state index in [0.29, 0.717) is 18.3 Å². The molecule has 1 aliphatic carbocycles. The zero-order valence-electron chi connectivity index (χ0n) is 12.7. The predicted molar refractivity (Wildman–Crippen MR) is 90.4 cm³/mol. The molecule has 0 fully saturated rings. The van der Waals surface area contributed by atoms with E-state index in [1.165, 1.54) is 11.1 Å². The molecular weight excluding hydrogens is 314 g/mol. The quantitative estimate of drug-likeness (QED) is 0.903. The number of halogens is 1. The molecule has 2 aliphatic rings. The molecule has 1 unspecified atom stereocenters. The van der Waals surface area contributed by atoms with Gasteiger partial charge in [-0.1, -0.05) is 30.3 Å². The van der Waals surface area contributed by atoms with Crippen molar-refractivity contribution in [1.82, 2.24) is 5.32 Å². The van der Waals surface area contributed by atoms with E-state index in [1.54, 1.807) is 0 Å². The zero-order chi connectivity index (χ0) is 14.9. The fourth-order valence-corrected chi connectivity index (χ4v) is 3.22. The van der Waals surface area contributed by atoms with Crippen molar-refractivity contribution >= 4 is 12.4 Å². The fraction of sp³-hybridized carbons (Fsp3) is 0.333. The van der Waals surface area contributed by atoms with Crippen LogP contribution in [0.25, 0.3) is 0 Å². The van der Waals surface area contributed by atoms with Crippen LogP contribution in [0.4, 0.5) is 0 Å². The van der Waals surface area contributed by atoms with Crippen LogP contribution >= 0.6 is 12.4 Å². The molecule has 2 aromatic carbocycles. The van der Waals surface area contributed by atoms with Crippen LogP contribution in [0.15, 0.2) is 42.5 Å². The molecular formula is C18H20ClNO3. The molecule has 4 rings (SSSR count). The first-order valence-corrected chi connectivity index (χ1v) is 7.67. The van der Waals surface area contributed by atoms with Gasteiger partial charge in [-0.25, -0.2) is 0 Å². The molecule has 0 spiro atoms. The van der Waals surface area contributed by atoms with Gasteiger partial charge in [0, 0.05) is 12.6 Å². The maximum atomic E-state index is 10.4. The van der Waals surface area contributed by atoms with E-state index in [9.17, 15) is 5.11 Å². The van der Waals surface area contributed by atoms with Gasteiger partial charge in [0.1, 0.15) is 0 Å². The van der Waals surface area contributed by atoms with Crippen LogP contribution in [0.2, 0.25) is 0 Å². The van der Waals surface area contributed by atoms with E-state index in [1.807, 2.05) is 18.2 Å². The molecule has 0 aromatic heterocycles. The number of ether oxygens (including phenoxy) is 2. The lowest BCUT2D eigenvalue weighted by Gasteiger charge is -2.16. The highest BCUT2D eigenvalue weighted by Gasteiger charge is 2.22. The Morgan fingerprint density at radius 3 is 2.48 bits per heavy atom. The lowest BCUT2D eigenvalue weighted by atomic mass is 10.1. The summed E-state index contributed by atoms with van der Waals surface area (Å²) in [5.41, 5.74) is 3.68. The van der Waals surface area contributed by atoms with E-state index in [2.05, 4.69) is 29.6 Å². The summed E-state index contributed by atoms with van der Waals surface area (Å²) in [6.07, 6.45) is 1.52. The van der Waals surface area contributed by atoms with E-state index < -0.39 is 6.10 Å². The highest BCUT2D eigenvalue weighted by atomic mass is 35.5. The lowest BCUT2D eigenvalue weighted by molar-refractivity contribution is 0.167. The summed E-state index contributed by atoms with van der Waals surface area (Å²) < 4.78 is 10.6. The molecule has 0 radical (unpaired) electrons. The number of fused-ring (bicyclic) bond motifs is 2. The smallest absolute Gasteiger partial charge is 0.231 e. The van der Waals surface area contributed by atoms with Gasteiger partial charge in [-0.05, 0) is 41.7 Å². The van der Waals surface area contributed by atoms with Crippen LogP contribution in [0.5, 0.6) is 11.5 Å². The van der Waals surface area contributed by atoms with Crippen molar-refractivity contribution in [2.45, 2.75) is 25.0 Å². The maximum Gasteiger partial charge on any atom is 0.231 e. The minimum atomic E-state index is -0.543. The van der Waals surface area contributed by atoms with Crippen LogP contribution in [-0.2, 0) is 12.8 Å². The molecule has 2 N–H and O–H groups in total. The third-order valence-electron chi connectivity index (χ3n) is 4.43. The molecule has 1 heterocycles. The SMILES string of the molecule is Cl.OC(CNC1Cc2ccccc2C1)c1ccc2c(c1)OCO2. The second kappa shape index (κ2) is 6.79. The third-order valence-corrected chi connectivity index (χ3v) is 4.43. The van der Waals surface area contributed by atoms with Gasteiger partial charge in [-0.2, -0.15) is 0 Å². The molecule has 5 heteroatoms. The number of hydrogen-bond donors (Lipinski definition) is 2. The Morgan fingerprint density at radius 2 is 1.74 bits per heavy atom. The summed E-state index contributed by atoms with van der Waals surface area (Å²) >= 11 is 0. The van der Waals surface area contributed by atoms with Gasteiger partial charge in [0.15, 0.2) is 11.5 Å². The number of rotatable bonds is 4. The Bertz CT molecular complexity index is 667. The second-order valence-corrected chi connectivity index (χ2v) is 5.91. The molecule has 0 bridgehead atoms. The van der Waals surface area contributed by atoms with Crippen LogP contribution in [0, 0.1) is 0 Å². The first kappa shape index (κ1) is 16.1. The molecule has 0 saturated heterocycles. The normalized spacial score (nSPS) is 16.7. The van der Waals surface area contributed by atoms with Crippen LogP contribution in [0.1, 0.15) is 22.8 Å². The van der Waals surface area contributed by atoms with Gasteiger partial charge in [0.2, 0.25) is 6.79 Å². The van der Waals surface area contributed by atoms with Crippen molar-refractivity contribution in [2.24, 2.45) is 0 Å². The van der Waals surface area contributed by atoms with Crippen molar-refractivity contribution in [1.29, 1.82) is 0 Å². The molecule has 4 nitrogen and oxygen atoms in total. The standard InChI is InChI=1S/C18H19NO3.ClH/c20-16(14-5-6-17-18(9-14)22-11-21-17)10-19-15-7-12-3-1-2-4-13(12)8-15;/h1-6,9,15-16,19-20H,7-8,10-11H2;1H. The minimum absolute atomic E-state index is 0. The number of aliphatic hydroxyl groups is 1. The number of nitrogens with one attached hydrogen (secondary N) is 1. The summed E-state index contributed by atoms with van der Waals surface area (Å²) in [6.45, 7) is 0.797. The molecule has 1 aliphatic heterocycles. The third kappa shape index (κ3) is 3.29. The van der Waals surface area contributed by atoms with Crippen molar-refractivity contribution in [3.8, 4) is 11.5 Å². The summed E-state index contributed by atoms with van der Waals surface area (Å²) in [5.74, 6) is 1.46. The Kier molecular flexibility index (Phi) is 4.76. The van der Waals surface area contributed by atoms with Gasteiger partial charge in [0.05, 0.1) is 6.10 Å². The van der Waals surface area contributed by atoms with Crippen LogP contribution < -0.4 is 14.8 Å². The molecule has 122 valence electrons. The van der Waals surface area contributed by atoms with Gasteiger partial charge in [-0.3, -0.25) is 0 Å². The lowest BCUT2D eigenvalue weighted by Crippen LogP contribution is -2.33. The largest absolute Gasteiger partial charge is 0.454 e. The molecule has 2 aromatic rings. The number of hydrogen-bond acceptors (Lipinski definition) is 4. The van der Waals surface area contributed by atoms with Crippen molar-refractivity contribution < 1.29 is 14.6 Å². The van der Waals surface area contributed by atoms with Crippen LogP contribution in [0.3, 0.4) is 0 Å². The Morgan fingerprint density at radius 1 is 1.04 bits per heavy atom. The summed E-state index contributed by atoms with van der Waals surface area (Å²) in [6, 6.07) is 14.6. The molecule has 0 amide bonds. The van der Waals surface area contributed by atoms with E-state index >= 15 is 0 Å². The molecule has 23 heavy (non-hydrogen) atoms. The zero-order valence-corrected chi connectivity index (χ0v) is 13.5. The monoisotopic (exact) mass is 333 g/mol. The van der Waals surface area contributed by atoms with E-state index in [0.717, 1.165) is 24.2 Å². The second-order valence-electron chi connectivity index (χ2n) is 5.91. The van der Waals surface area contributed by atoms with Gasteiger partial charge < -0.3 is 19.9 Å². The maximum absolute atomic E-state index is 10.4. The summed E-state index contributed by atoms with van der Waals surface area (Å²) in [7, 11) is 0. The Balaban J connectivity index is 0.00000156. The average molecular weight is 334 g/mol. The summed E-state index contributed by atoms with van der Waals surface area (Å²) in [4.78, 5) is 0. The Labute approximate surface area is 141 Å².